The van der Waals surface area contributed by atoms with Crippen LogP contribution in [0.5, 0.6) is 0 Å². The molecule has 1 fully saturated rings. The van der Waals surface area contributed by atoms with Gasteiger partial charge in [-0.05, 0) is 44.4 Å². The van der Waals surface area contributed by atoms with Crippen LogP contribution in [0.25, 0.3) is 0 Å². The van der Waals surface area contributed by atoms with Crippen LogP contribution in [-0.2, 0) is 9.53 Å². The van der Waals surface area contributed by atoms with E-state index in [-0.39, 0.29) is 12.2 Å². The molecule has 0 saturated heterocycles. The van der Waals surface area contributed by atoms with E-state index in [9.17, 15) is 4.79 Å². The highest BCUT2D eigenvalue weighted by Gasteiger charge is 2.44. The fraction of sp³-hybridized carbons (Fsp3) is 0.750. The van der Waals surface area contributed by atoms with Gasteiger partial charge in [-0.2, -0.15) is 0 Å². The second-order valence-corrected chi connectivity index (χ2v) is 5.17. The van der Waals surface area contributed by atoms with E-state index in [1.165, 1.54) is 6.42 Å². The fourth-order valence-electron chi connectivity index (χ4n) is 2.93. The van der Waals surface area contributed by atoms with Crippen LogP contribution in [0.1, 0.15) is 26.7 Å². The molecule has 0 amide bonds. The van der Waals surface area contributed by atoms with E-state index in [0.717, 1.165) is 6.42 Å². The lowest BCUT2D eigenvalue weighted by Crippen LogP contribution is -2.38. The van der Waals surface area contributed by atoms with Gasteiger partial charge in [0.1, 0.15) is 6.61 Å². The molecule has 0 spiro atoms. The lowest BCUT2D eigenvalue weighted by Gasteiger charge is -2.35. The maximum Gasteiger partial charge on any atom is 0.329 e. The topological polar surface area (TPSA) is 46.5 Å². The molecule has 0 aromatic rings. The molecule has 3 atom stereocenters. The largest absolute Gasteiger partial charge is 0.480 e. The number of ether oxygens (including phenoxy) is 1. The molecule has 2 bridgehead atoms. The maximum atomic E-state index is 10.5. The first-order chi connectivity index (χ1) is 6.99. The number of hydrogen-bond acceptors (Lipinski definition) is 2. The van der Waals surface area contributed by atoms with E-state index in [1.807, 2.05) is 13.8 Å². The van der Waals surface area contributed by atoms with Crippen molar-refractivity contribution >= 4 is 5.97 Å². The van der Waals surface area contributed by atoms with Crippen molar-refractivity contribution in [1.82, 2.24) is 0 Å². The molecule has 1 saturated carbocycles. The second-order valence-electron chi connectivity index (χ2n) is 5.17. The molecule has 2 rings (SSSR count). The number of rotatable bonds is 4. The highest BCUT2D eigenvalue weighted by atomic mass is 16.5. The first kappa shape index (κ1) is 10.7. The van der Waals surface area contributed by atoms with E-state index in [1.54, 1.807) is 0 Å². The minimum Gasteiger partial charge on any atom is -0.480 e. The van der Waals surface area contributed by atoms with Crippen LogP contribution in [-0.4, -0.2) is 23.3 Å². The summed E-state index contributed by atoms with van der Waals surface area (Å²) >= 11 is 0. The molecular formula is C12H18O3. The minimum absolute atomic E-state index is 0.190. The molecule has 3 unspecified atom stereocenters. The number of hydrogen-bond donors (Lipinski definition) is 1. The zero-order valence-electron chi connectivity index (χ0n) is 9.27. The molecule has 0 aromatic heterocycles. The van der Waals surface area contributed by atoms with Crippen molar-refractivity contribution in [1.29, 1.82) is 0 Å². The standard InChI is InChI=1S/C12H18O3/c1-12(2,15-7-11(13)14)10-6-8-3-4-9(10)5-8/h3-4,8-10H,5-7H2,1-2H3,(H,13,14). The Morgan fingerprint density at radius 2 is 2.20 bits per heavy atom. The summed E-state index contributed by atoms with van der Waals surface area (Å²) in [5.41, 5.74) is -0.317. The Hall–Kier alpha value is -0.830. The van der Waals surface area contributed by atoms with E-state index in [2.05, 4.69) is 12.2 Å². The summed E-state index contributed by atoms with van der Waals surface area (Å²) in [5, 5.41) is 8.61. The summed E-state index contributed by atoms with van der Waals surface area (Å²) < 4.78 is 5.49. The van der Waals surface area contributed by atoms with Crippen LogP contribution in [0, 0.1) is 17.8 Å². The molecule has 0 radical (unpaired) electrons. The van der Waals surface area contributed by atoms with Crippen molar-refractivity contribution in [3.05, 3.63) is 12.2 Å². The van der Waals surface area contributed by atoms with Gasteiger partial charge in [-0.1, -0.05) is 12.2 Å². The Balaban J connectivity index is 1.97. The molecule has 2 aliphatic rings. The molecule has 3 nitrogen and oxygen atoms in total. The van der Waals surface area contributed by atoms with E-state index in [0.29, 0.717) is 17.8 Å². The summed E-state index contributed by atoms with van der Waals surface area (Å²) in [5.74, 6) is 0.889. The Bertz CT molecular complexity index is 293. The van der Waals surface area contributed by atoms with Crippen molar-refractivity contribution in [2.75, 3.05) is 6.61 Å². The Morgan fingerprint density at radius 1 is 1.47 bits per heavy atom. The number of allylic oxidation sites excluding steroid dienone is 2. The normalized spacial score (nSPS) is 33.6. The smallest absolute Gasteiger partial charge is 0.329 e. The Labute approximate surface area is 90.1 Å². The summed E-state index contributed by atoms with van der Waals surface area (Å²) in [4.78, 5) is 10.5. The number of fused-ring (bicyclic) bond motifs is 2. The molecule has 0 aliphatic heterocycles. The van der Waals surface area contributed by atoms with Gasteiger partial charge in [-0.15, -0.1) is 0 Å². The molecule has 0 aromatic carbocycles. The van der Waals surface area contributed by atoms with Crippen molar-refractivity contribution in [2.24, 2.45) is 17.8 Å². The predicted molar refractivity (Wildman–Crippen MR) is 56.5 cm³/mol. The fourth-order valence-corrected chi connectivity index (χ4v) is 2.93. The number of carboxylic acid groups (broad SMARTS) is 1. The van der Waals surface area contributed by atoms with Gasteiger partial charge in [0.2, 0.25) is 0 Å². The monoisotopic (exact) mass is 210 g/mol. The summed E-state index contributed by atoms with van der Waals surface area (Å²) in [6.07, 6.45) is 6.93. The third-order valence-electron chi connectivity index (χ3n) is 3.74. The van der Waals surface area contributed by atoms with Gasteiger partial charge < -0.3 is 9.84 Å². The van der Waals surface area contributed by atoms with Gasteiger partial charge in [-0.3, -0.25) is 0 Å². The van der Waals surface area contributed by atoms with Crippen molar-refractivity contribution < 1.29 is 14.6 Å². The van der Waals surface area contributed by atoms with Crippen LogP contribution in [0.2, 0.25) is 0 Å². The van der Waals surface area contributed by atoms with Crippen LogP contribution in [0.4, 0.5) is 0 Å². The van der Waals surface area contributed by atoms with Crippen LogP contribution < -0.4 is 0 Å². The van der Waals surface area contributed by atoms with Gasteiger partial charge in [0.15, 0.2) is 0 Å². The maximum absolute atomic E-state index is 10.5. The summed E-state index contributed by atoms with van der Waals surface area (Å²) in [7, 11) is 0. The zero-order chi connectivity index (χ0) is 11.1. The van der Waals surface area contributed by atoms with Gasteiger partial charge in [-0.25, -0.2) is 4.79 Å². The first-order valence-corrected chi connectivity index (χ1v) is 5.53. The number of carboxylic acids is 1. The molecule has 3 heteroatoms. The SMILES string of the molecule is CC(C)(OCC(=O)O)C1CC2C=CC1C2. The van der Waals surface area contributed by atoms with Crippen molar-refractivity contribution in [3.63, 3.8) is 0 Å². The Kier molecular flexibility index (Phi) is 2.59. The van der Waals surface area contributed by atoms with Crippen LogP contribution >= 0.6 is 0 Å². The molecule has 15 heavy (non-hydrogen) atoms. The third kappa shape index (κ3) is 2.07. The second kappa shape index (κ2) is 3.63. The molecular weight excluding hydrogens is 192 g/mol. The van der Waals surface area contributed by atoms with Gasteiger partial charge in [0, 0.05) is 0 Å². The minimum atomic E-state index is -0.887. The van der Waals surface area contributed by atoms with Gasteiger partial charge in [0.25, 0.3) is 0 Å². The molecule has 84 valence electrons. The first-order valence-electron chi connectivity index (χ1n) is 5.53. The average molecular weight is 210 g/mol. The quantitative estimate of drug-likeness (QED) is 0.723. The third-order valence-corrected chi connectivity index (χ3v) is 3.74. The van der Waals surface area contributed by atoms with Crippen molar-refractivity contribution in [3.8, 4) is 0 Å². The number of carbonyl (C=O) groups is 1. The highest BCUT2D eigenvalue weighted by Crippen LogP contribution is 2.48. The van der Waals surface area contributed by atoms with Crippen molar-refractivity contribution in [2.45, 2.75) is 32.3 Å². The van der Waals surface area contributed by atoms with Gasteiger partial charge >= 0.3 is 5.97 Å². The van der Waals surface area contributed by atoms with Gasteiger partial charge in [0.05, 0.1) is 5.60 Å². The van der Waals surface area contributed by atoms with E-state index >= 15 is 0 Å². The number of aliphatic carboxylic acids is 1. The van der Waals surface area contributed by atoms with Crippen LogP contribution in [0.15, 0.2) is 12.2 Å². The Morgan fingerprint density at radius 3 is 2.67 bits per heavy atom. The lowest BCUT2D eigenvalue weighted by molar-refractivity contribution is -0.152. The van der Waals surface area contributed by atoms with E-state index in [4.69, 9.17) is 9.84 Å². The van der Waals surface area contributed by atoms with Crippen LogP contribution in [0.3, 0.4) is 0 Å². The molecule has 2 aliphatic carbocycles. The van der Waals surface area contributed by atoms with E-state index < -0.39 is 5.97 Å². The highest BCUT2D eigenvalue weighted by molar-refractivity contribution is 5.68. The summed E-state index contributed by atoms with van der Waals surface area (Å²) in [6.45, 7) is 3.83. The lowest BCUT2D eigenvalue weighted by atomic mass is 9.80. The molecule has 0 heterocycles. The summed E-state index contributed by atoms with van der Waals surface area (Å²) in [6, 6.07) is 0. The zero-order valence-corrected chi connectivity index (χ0v) is 9.27. The molecule has 1 N–H and O–H groups in total. The average Bonchev–Trinajstić information content (AvgIpc) is 2.76. The predicted octanol–water partition coefficient (Wildman–Crippen LogP) is 2.08.